The third kappa shape index (κ3) is 1.07. The predicted octanol–water partition coefficient (Wildman–Crippen LogP) is -0.0234. The van der Waals surface area contributed by atoms with E-state index in [0.29, 0.717) is 12.2 Å². The summed E-state index contributed by atoms with van der Waals surface area (Å²) in [6.45, 7) is 3.31. The van der Waals surface area contributed by atoms with Crippen molar-refractivity contribution in [2.45, 2.75) is 13.5 Å². The van der Waals surface area contributed by atoms with Crippen LogP contribution in [0.25, 0.3) is 0 Å². The molecule has 70 valence electrons. The third-order valence-electron chi connectivity index (χ3n) is 2.20. The molecule has 13 heavy (non-hydrogen) atoms. The SMILES string of the molecule is CNc1c(C)nn2c1C(=O)NCC2. The number of amides is 1. The van der Waals surface area contributed by atoms with Crippen LogP contribution < -0.4 is 10.6 Å². The topological polar surface area (TPSA) is 59.0 Å². The summed E-state index contributed by atoms with van der Waals surface area (Å²) < 4.78 is 1.75. The molecule has 1 aromatic heterocycles. The summed E-state index contributed by atoms with van der Waals surface area (Å²) in [4.78, 5) is 11.5. The first-order valence-electron chi connectivity index (χ1n) is 4.27. The monoisotopic (exact) mass is 180 g/mol. The molecule has 0 spiro atoms. The van der Waals surface area contributed by atoms with E-state index in [4.69, 9.17) is 0 Å². The lowest BCUT2D eigenvalue weighted by molar-refractivity contribution is 0.0925. The number of carbonyl (C=O) groups is 1. The first kappa shape index (κ1) is 8.10. The van der Waals surface area contributed by atoms with Gasteiger partial charge in [-0.15, -0.1) is 0 Å². The van der Waals surface area contributed by atoms with Gasteiger partial charge < -0.3 is 10.6 Å². The molecule has 2 heterocycles. The molecule has 0 atom stereocenters. The molecule has 0 unspecified atom stereocenters. The van der Waals surface area contributed by atoms with Crippen LogP contribution in [0.5, 0.6) is 0 Å². The first-order chi connectivity index (χ1) is 6.24. The maximum atomic E-state index is 11.5. The maximum absolute atomic E-state index is 11.5. The molecule has 2 rings (SSSR count). The Balaban J connectivity index is 2.58. The van der Waals surface area contributed by atoms with E-state index in [9.17, 15) is 4.79 Å². The van der Waals surface area contributed by atoms with Gasteiger partial charge in [-0.1, -0.05) is 0 Å². The van der Waals surface area contributed by atoms with Crippen molar-refractivity contribution in [1.82, 2.24) is 15.1 Å². The predicted molar refractivity (Wildman–Crippen MR) is 48.8 cm³/mol. The van der Waals surface area contributed by atoms with Gasteiger partial charge in [0.15, 0.2) is 0 Å². The minimum absolute atomic E-state index is 0.0452. The molecular formula is C8H12N4O. The standard InChI is InChI=1S/C8H12N4O/c1-5-6(9-2)7-8(13)10-3-4-12(7)11-5/h9H,3-4H2,1-2H3,(H,10,13). The van der Waals surface area contributed by atoms with E-state index in [2.05, 4.69) is 15.7 Å². The van der Waals surface area contributed by atoms with Gasteiger partial charge in [0.05, 0.1) is 17.9 Å². The van der Waals surface area contributed by atoms with Gasteiger partial charge in [0.1, 0.15) is 5.69 Å². The number of anilines is 1. The number of aromatic nitrogens is 2. The van der Waals surface area contributed by atoms with Crippen molar-refractivity contribution < 1.29 is 4.79 Å². The molecule has 1 aliphatic heterocycles. The highest BCUT2D eigenvalue weighted by molar-refractivity contribution is 5.99. The van der Waals surface area contributed by atoms with Crippen molar-refractivity contribution in [2.75, 3.05) is 18.9 Å². The van der Waals surface area contributed by atoms with E-state index in [-0.39, 0.29) is 5.91 Å². The van der Waals surface area contributed by atoms with Gasteiger partial charge in [0, 0.05) is 13.6 Å². The van der Waals surface area contributed by atoms with Gasteiger partial charge >= 0.3 is 0 Å². The zero-order chi connectivity index (χ0) is 9.42. The fraction of sp³-hybridized carbons (Fsp3) is 0.500. The van der Waals surface area contributed by atoms with Crippen LogP contribution in [0.1, 0.15) is 16.2 Å². The van der Waals surface area contributed by atoms with Crippen LogP contribution in [0.3, 0.4) is 0 Å². The summed E-state index contributed by atoms with van der Waals surface area (Å²) in [5.41, 5.74) is 2.35. The highest BCUT2D eigenvalue weighted by Crippen LogP contribution is 2.20. The third-order valence-corrected chi connectivity index (χ3v) is 2.20. The lowest BCUT2D eigenvalue weighted by Crippen LogP contribution is -2.35. The number of hydrogen-bond donors (Lipinski definition) is 2. The largest absolute Gasteiger partial charge is 0.385 e. The Morgan fingerprint density at radius 3 is 3.08 bits per heavy atom. The Hall–Kier alpha value is -1.52. The highest BCUT2D eigenvalue weighted by Gasteiger charge is 2.23. The molecule has 0 saturated carbocycles. The molecular weight excluding hydrogens is 168 g/mol. The van der Waals surface area contributed by atoms with Crippen LogP contribution >= 0.6 is 0 Å². The fourth-order valence-corrected chi connectivity index (χ4v) is 1.63. The molecule has 0 aromatic carbocycles. The molecule has 0 bridgehead atoms. The normalized spacial score (nSPS) is 15.1. The number of fused-ring (bicyclic) bond motifs is 1. The van der Waals surface area contributed by atoms with E-state index < -0.39 is 0 Å². The van der Waals surface area contributed by atoms with Crippen molar-refractivity contribution in [2.24, 2.45) is 0 Å². The molecule has 1 aromatic rings. The lowest BCUT2D eigenvalue weighted by Gasteiger charge is -2.14. The van der Waals surface area contributed by atoms with E-state index in [1.54, 1.807) is 11.7 Å². The second-order valence-corrected chi connectivity index (χ2v) is 3.04. The average molecular weight is 180 g/mol. The van der Waals surface area contributed by atoms with E-state index in [1.165, 1.54) is 0 Å². The summed E-state index contributed by atoms with van der Waals surface area (Å²) >= 11 is 0. The lowest BCUT2D eigenvalue weighted by atomic mass is 10.2. The van der Waals surface area contributed by atoms with Crippen LogP contribution in [-0.2, 0) is 6.54 Å². The average Bonchev–Trinajstić information content (AvgIpc) is 2.42. The van der Waals surface area contributed by atoms with Crippen LogP contribution in [0.2, 0.25) is 0 Å². The number of nitrogens with one attached hydrogen (secondary N) is 2. The van der Waals surface area contributed by atoms with Crippen molar-refractivity contribution >= 4 is 11.6 Å². The van der Waals surface area contributed by atoms with Crippen molar-refractivity contribution in [1.29, 1.82) is 0 Å². The zero-order valence-corrected chi connectivity index (χ0v) is 7.72. The quantitative estimate of drug-likeness (QED) is 0.638. The van der Waals surface area contributed by atoms with Crippen molar-refractivity contribution in [3.8, 4) is 0 Å². The molecule has 0 aliphatic carbocycles. The van der Waals surface area contributed by atoms with E-state index in [0.717, 1.165) is 17.9 Å². The number of rotatable bonds is 1. The van der Waals surface area contributed by atoms with Crippen LogP contribution in [-0.4, -0.2) is 29.3 Å². The van der Waals surface area contributed by atoms with E-state index >= 15 is 0 Å². The number of carbonyl (C=O) groups excluding carboxylic acids is 1. The first-order valence-corrected chi connectivity index (χ1v) is 4.27. The smallest absolute Gasteiger partial charge is 0.271 e. The molecule has 0 fully saturated rings. The van der Waals surface area contributed by atoms with Gasteiger partial charge in [-0.05, 0) is 6.92 Å². The van der Waals surface area contributed by atoms with Crippen LogP contribution in [0, 0.1) is 6.92 Å². The minimum Gasteiger partial charge on any atom is -0.385 e. The summed E-state index contributed by atoms with van der Waals surface area (Å²) in [5, 5.41) is 10.0. The Morgan fingerprint density at radius 1 is 1.62 bits per heavy atom. The summed E-state index contributed by atoms with van der Waals surface area (Å²) in [5.74, 6) is -0.0452. The fourth-order valence-electron chi connectivity index (χ4n) is 1.63. The van der Waals surface area contributed by atoms with Gasteiger partial charge in [-0.2, -0.15) is 5.10 Å². The second-order valence-electron chi connectivity index (χ2n) is 3.04. The van der Waals surface area contributed by atoms with Crippen molar-refractivity contribution in [3.05, 3.63) is 11.4 Å². The maximum Gasteiger partial charge on any atom is 0.271 e. The number of aryl methyl sites for hydroxylation is 1. The highest BCUT2D eigenvalue weighted by atomic mass is 16.2. The molecule has 1 amide bonds. The summed E-state index contributed by atoms with van der Waals surface area (Å²) in [6, 6.07) is 0. The molecule has 2 N–H and O–H groups in total. The summed E-state index contributed by atoms with van der Waals surface area (Å²) in [6.07, 6.45) is 0. The zero-order valence-electron chi connectivity index (χ0n) is 7.72. The van der Waals surface area contributed by atoms with Gasteiger partial charge in [0.2, 0.25) is 0 Å². The number of hydrogen-bond acceptors (Lipinski definition) is 3. The molecule has 5 heteroatoms. The minimum atomic E-state index is -0.0452. The van der Waals surface area contributed by atoms with Crippen molar-refractivity contribution in [3.63, 3.8) is 0 Å². The van der Waals surface area contributed by atoms with Gasteiger partial charge in [-0.3, -0.25) is 9.48 Å². The molecule has 0 radical (unpaired) electrons. The van der Waals surface area contributed by atoms with Gasteiger partial charge in [-0.25, -0.2) is 0 Å². The van der Waals surface area contributed by atoms with E-state index in [1.807, 2.05) is 6.92 Å². The van der Waals surface area contributed by atoms with Crippen LogP contribution in [0.15, 0.2) is 0 Å². The van der Waals surface area contributed by atoms with Gasteiger partial charge in [0.25, 0.3) is 5.91 Å². The van der Waals surface area contributed by atoms with Crippen LogP contribution in [0.4, 0.5) is 5.69 Å². The molecule has 5 nitrogen and oxygen atoms in total. The Kier molecular flexibility index (Phi) is 1.72. The Morgan fingerprint density at radius 2 is 2.38 bits per heavy atom. The summed E-state index contributed by atoms with van der Waals surface area (Å²) in [7, 11) is 1.80. The number of nitrogens with zero attached hydrogens (tertiary/aromatic N) is 2. The molecule has 1 aliphatic rings. The Bertz CT molecular complexity index is 355. The second kappa shape index (κ2) is 2.76. The Labute approximate surface area is 76.1 Å². The molecule has 0 saturated heterocycles.